The first-order valence-corrected chi connectivity index (χ1v) is 15.2. The molecule has 2 bridgehead atoms. The molecule has 0 N–H and O–H groups in total. The maximum atomic E-state index is 14.0. The molecule has 0 saturated heterocycles. The summed E-state index contributed by atoms with van der Waals surface area (Å²) in [5.74, 6) is -1.13. The number of hydrogen-bond acceptors (Lipinski definition) is 8. The van der Waals surface area contributed by atoms with Crippen LogP contribution in [-0.2, 0) is 19.1 Å². The van der Waals surface area contributed by atoms with Gasteiger partial charge in [0.25, 0.3) is 0 Å². The maximum absolute atomic E-state index is 14.0. The van der Waals surface area contributed by atoms with Gasteiger partial charge in [-0.25, -0.2) is 9.59 Å². The zero-order valence-corrected chi connectivity index (χ0v) is 23.2. The van der Waals surface area contributed by atoms with Crippen molar-refractivity contribution in [1.29, 1.82) is 0 Å². The normalized spacial score (nSPS) is 35.9. The smallest absolute Gasteiger partial charge is 0.348 e. The highest BCUT2D eigenvalue weighted by Crippen LogP contribution is 2.70. The van der Waals surface area contributed by atoms with Crippen molar-refractivity contribution < 1.29 is 28.7 Å². The zero-order valence-electron chi connectivity index (χ0n) is 21.5. The van der Waals surface area contributed by atoms with E-state index in [0.717, 1.165) is 25.7 Å². The largest absolute Gasteiger partial charge is 0.461 e. The van der Waals surface area contributed by atoms with Crippen LogP contribution < -0.4 is 0 Å². The molecule has 8 heteroatoms. The number of fused-ring (bicyclic) bond motifs is 3. The quantitative estimate of drug-likeness (QED) is 0.243. The Morgan fingerprint density at radius 2 is 1.63 bits per heavy atom. The van der Waals surface area contributed by atoms with Gasteiger partial charge >= 0.3 is 11.9 Å². The summed E-state index contributed by atoms with van der Waals surface area (Å²) in [7, 11) is 0. The predicted molar refractivity (Wildman–Crippen MR) is 144 cm³/mol. The summed E-state index contributed by atoms with van der Waals surface area (Å²) in [6.45, 7) is 6.54. The number of ether oxygens (including phenoxy) is 2. The predicted octanol–water partition coefficient (Wildman–Crippen LogP) is 6.13. The third-order valence-electron chi connectivity index (χ3n) is 10.1. The number of rotatable bonds is 6. The van der Waals surface area contributed by atoms with E-state index in [1.807, 2.05) is 22.9 Å². The molecular formula is C30H32O6S2. The SMILES string of the molecule is C=C1C(=O)C23CCC1CC2C1(COC(=O)c2cccs2)CCCC(C)(COC(=O)c2cccs2)C1CC3=O. The lowest BCUT2D eigenvalue weighted by atomic mass is 9.36. The van der Waals surface area contributed by atoms with E-state index in [4.69, 9.17) is 9.47 Å². The number of allylic oxidation sites excluding steroid dienone is 1. The van der Waals surface area contributed by atoms with Crippen molar-refractivity contribution in [1.82, 2.24) is 0 Å². The van der Waals surface area contributed by atoms with Crippen LogP contribution in [0.5, 0.6) is 0 Å². The molecule has 7 rings (SSSR count). The number of hydrogen-bond donors (Lipinski definition) is 0. The minimum Gasteiger partial charge on any atom is -0.461 e. The molecule has 6 atom stereocenters. The topological polar surface area (TPSA) is 86.7 Å². The van der Waals surface area contributed by atoms with E-state index in [1.54, 1.807) is 12.1 Å². The van der Waals surface area contributed by atoms with Gasteiger partial charge in [0.15, 0.2) is 5.78 Å². The van der Waals surface area contributed by atoms with Gasteiger partial charge in [-0.05, 0) is 78.3 Å². The summed E-state index contributed by atoms with van der Waals surface area (Å²) >= 11 is 2.68. The highest BCUT2D eigenvalue weighted by molar-refractivity contribution is 7.12. The van der Waals surface area contributed by atoms with Gasteiger partial charge < -0.3 is 9.47 Å². The lowest BCUT2D eigenvalue weighted by Crippen LogP contribution is -2.69. The van der Waals surface area contributed by atoms with Crippen molar-refractivity contribution in [3.05, 3.63) is 56.9 Å². The highest BCUT2D eigenvalue weighted by atomic mass is 32.1. The summed E-state index contributed by atoms with van der Waals surface area (Å²) in [6, 6.07) is 7.13. The number of ketones is 2. The van der Waals surface area contributed by atoms with Crippen LogP contribution in [0, 0.1) is 34.0 Å². The Morgan fingerprint density at radius 1 is 0.974 bits per heavy atom. The van der Waals surface area contributed by atoms with Crippen molar-refractivity contribution in [2.45, 2.75) is 51.9 Å². The van der Waals surface area contributed by atoms with Crippen LogP contribution in [0.25, 0.3) is 0 Å². The molecule has 6 nitrogen and oxygen atoms in total. The second kappa shape index (κ2) is 9.26. The third-order valence-corrected chi connectivity index (χ3v) is 11.8. The molecule has 2 aromatic heterocycles. The Kier molecular flexibility index (Phi) is 6.26. The Bertz CT molecular complexity index is 1300. The minimum atomic E-state index is -1.07. The van der Waals surface area contributed by atoms with Crippen LogP contribution in [0.1, 0.15) is 71.2 Å². The van der Waals surface area contributed by atoms with E-state index in [2.05, 4.69) is 13.5 Å². The number of carbonyl (C=O) groups is 4. The van der Waals surface area contributed by atoms with Crippen LogP contribution in [0.2, 0.25) is 0 Å². The minimum absolute atomic E-state index is 0.00489. The standard InChI is InChI=1S/C30H32O6S2/c1-18-19-8-11-30(25(18)32)23(14-19)29(17-36-27(34)21-7-4-13-38-21)10-5-9-28(2,22(29)15-24(30)31)16-35-26(33)20-6-3-12-37-20/h3-4,6-7,12-13,19,22-23H,1,5,8-11,14-17H2,2H3. The molecule has 0 amide bonds. The van der Waals surface area contributed by atoms with Crippen molar-refractivity contribution in [2.75, 3.05) is 13.2 Å². The third kappa shape index (κ3) is 3.70. The van der Waals surface area contributed by atoms with Crippen molar-refractivity contribution in [2.24, 2.45) is 34.0 Å². The van der Waals surface area contributed by atoms with Crippen LogP contribution in [0.4, 0.5) is 0 Å². The molecule has 38 heavy (non-hydrogen) atoms. The van der Waals surface area contributed by atoms with Gasteiger partial charge in [-0.3, -0.25) is 9.59 Å². The Morgan fingerprint density at radius 3 is 2.26 bits per heavy atom. The molecule has 2 aromatic rings. The van der Waals surface area contributed by atoms with Crippen LogP contribution in [-0.4, -0.2) is 36.7 Å². The number of Topliss-reactive ketones (excluding diaryl/α,β-unsaturated/α-hetero) is 2. The van der Waals surface area contributed by atoms with Gasteiger partial charge in [0.1, 0.15) is 15.5 Å². The van der Waals surface area contributed by atoms with Gasteiger partial charge in [0, 0.05) is 17.3 Å². The maximum Gasteiger partial charge on any atom is 0.348 e. The van der Waals surface area contributed by atoms with E-state index in [0.29, 0.717) is 28.2 Å². The van der Waals surface area contributed by atoms with Crippen molar-refractivity contribution in [3.63, 3.8) is 0 Å². The lowest BCUT2D eigenvalue weighted by molar-refractivity contribution is -0.200. The number of carbonyl (C=O) groups excluding carboxylic acids is 4. The number of thiophene rings is 2. The Hall–Kier alpha value is -2.58. The van der Waals surface area contributed by atoms with E-state index >= 15 is 0 Å². The first kappa shape index (κ1) is 25.7. The average Bonchev–Trinajstić information content (AvgIpc) is 3.65. The summed E-state index contributed by atoms with van der Waals surface area (Å²) in [4.78, 5) is 54.6. The van der Waals surface area contributed by atoms with Gasteiger partial charge in [0.2, 0.25) is 0 Å². The van der Waals surface area contributed by atoms with Gasteiger partial charge in [-0.2, -0.15) is 0 Å². The fourth-order valence-electron chi connectivity index (χ4n) is 8.33. The molecule has 0 aromatic carbocycles. The highest BCUT2D eigenvalue weighted by Gasteiger charge is 2.72. The van der Waals surface area contributed by atoms with Crippen LogP contribution >= 0.6 is 22.7 Å². The second-order valence-electron chi connectivity index (χ2n) is 11.9. The second-order valence-corrected chi connectivity index (χ2v) is 13.8. The molecule has 200 valence electrons. The molecule has 1 spiro atoms. The Labute approximate surface area is 230 Å². The average molecular weight is 553 g/mol. The monoisotopic (exact) mass is 552 g/mol. The molecule has 0 aliphatic heterocycles. The van der Waals surface area contributed by atoms with Gasteiger partial charge in [-0.1, -0.05) is 32.1 Å². The molecule has 5 aliphatic carbocycles. The van der Waals surface area contributed by atoms with E-state index < -0.39 is 16.2 Å². The van der Waals surface area contributed by atoms with E-state index in [1.165, 1.54) is 22.7 Å². The molecule has 5 saturated carbocycles. The van der Waals surface area contributed by atoms with Crippen LogP contribution in [0.15, 0.2) is 47.2 Å². The molecule has 0 radical (unpaired) electrons. The van der Waals surface area contributed by atoms with Crippen molar-refractivity contribution >= 4 is 46.2 Å². The molecule has 5 fully saturated rings. The molecular weight excluding hydrogens is 520 g/mol. The first-order valence-electron chi connectivity index (χ1n) is 13.4. The number of esters is 2. The van der Waals surface area contributed by atoms with Crippen LogP contribution in [0.3, 0.4) is 0 Å². The zero-order chi connectivity index (χ0) is 26.7. The summed E-state index contributed by atoms with van der Waals surface area (Å²) in [6.07, 6.45) is 4.72. The summed E-state index contributed by atoms with van der Waals surface area (Å²) < 4.78 is 11.9. The lowest BCUT2D eigenvalue weighted by Gasteiger charge is -2.66. The Balaban J connectivity index is 1.36. The summed E-state index contributed by atoms with van der Waals surface area (Å²) in [5, 5.41) is 3.68. The van der Waals surface area contributed by atoms with Gasteiger partial charge in [0.05, 0.1) is 18.6 Å². The molecule has 5 aliphatic rings. The van der Waals surface area contributed by atoms with E-state index in [9.17, 15) is 19.2 Å². The fourth-order valence-corrected chi connectivity index (χ4v) is 9.56. The molecule has 6 unspecified atom stereocenters. The summed E-state index contributed by atoms with van der Waals surface area (Å²) in [5.41, 5.74) is -1.50. The first-order chi connectivity index (χ1) is 18.2. The van der Waals surface area contributed by atoms with E-state index in [-0.39, 0.29) is 60.9 Å². The van der Waals surface area contributed by atoms with Gasteiger partial charge in [-0.15, -0.1) is 22.7 Å². The molecule has 2 heterocycles. The fraction of sp³-hybridized carbons (Fsp3) is 0.533. The van der Waals surface area contributed by atoms with Crippen molar-refractivity contribution in [3.8, 4) is 0 Å².